The Morgan fingerprint density at radius 3 is 2.62 bits per heavy atom. The Morgan fingerprint density at radius 1 is 1.08 bits per heavy atom. The van der Waals surface area contributed by atoms with E-state index in [0.29, 0.717) is 30.0 Å². The lowest BCUT2D eigenvalue weighted by Crippen LogP contribution is -2.29. The first-order valence-electron chi connectivity index (χ1n) is 8.48. The molecule has 5 heteroatoms. The number of hydrogen-bond acceptors (Lipinski definition) is 4. The number of hydrogen-bond donors (Lipinski definition) is 2. The molecule has 1 amide bonds. The van der Waals surface area contributed by atoms with Crippen molar-refractivity contribution in [3.8, 4) is 6.07 Å². The highest BCUT2D eigenvalue weighted by molar-refractivity contribution is 5.95. The molecule has 0 aliphatic carbocycles. The quantitative estimate of drug-likeness (QED) is 0.694. The highest BCUT2D eigenvalue weighted by atomic mass is 16.1. The third kappa shape index (κ3) is 3.65. The highest BCUT2D eigenvalue weighted by Gasteiger charge is 2.09. The number of fused-ring (bicyclic) bond motifs is 1. The first-order valence-corrected chi connectivity index (χ1v) is 8.48. The van der Waals surface area contributed by atoms with Gasteiger partial charge < -0.3 is 10.6 Å². The molecule has 0 spiro atoms. The van der Waals surface area contributed by atoms with Crippen molar-refractivity contribution in [2.45, 2.75) is 13.8 Å². The summed E-state index contributed by atoms with van der Waals surface area (Å²) in [5.41, 5.74) is 4.04. The van der Waals surface area contributed by atoms with E-state index in [1.165, 1.54) is 0 Å². The number of aryl methyl sites for hydroxylation is 2. The lowest BCUT2D eigenvalue weighted by molar-refractivity contribution is 0.0954. The van der Waals surface area contributed by atoms with Crippen molar-refractivity contribution < 1.29 is 4.79 Å². The van der Waals surface area contributed by atoms with Crippen LogP contribution in [0, 0.1) is 25.2 Å². The lowest BCUT2D eigenvalue weighted by atomic mass is 10.1. The van der Waals surface area contributed by atoms with Crippen molar-refractivity contribution in [3.63, 3.8) is 0 Å². The van der Waals surface area contributed by atoms with Crippen LogP contribution in [0.15, 0.2) is 48.5 Å². The van der Waals surface area contributed by atoms with Gasteiger partial charge in [-0.05, 0) is 37.1 Å². The van der Waals surface area contributed by atoms with Gasteiger partial charge in [0, 0.05) is 24.0 Å². The van der Waals surface area contributed by atoms with E-state index in [1.807, 2.05) is 56.3 Å². The lowest BCUT2D eigenvalue weighted by Gasteiger charge is -2.11. The molecule has 3 aromatic rings. The molecule has 1 aromatic heterocycles. The third-order valence-corrected chi connectivity index (χ3v) is 4.26. The Morgan fingerprint density at radius 2 is 1.85 bits per heavy atom. The van der Waals surface area contributed by atoms with Crippen molar-refractivity contribution >= 4 is 22.6 Å². The van der Waals surface area contributed by atoms with E-state index < -0.39 is 0 Å². The summed E-state index contributed by atoms with van der Waals surface area (Å²) >= 11 is 0. The number of nitriles is 1. The van der Waals surface area contributed by atoms with Gasteiger partial charge in [0.15, 0.2) is 0 Å². The smallest absolute Gasteiger partial charge is 0.251 e. The van der Waals surface area contributed by atoms with E-state index in [9.17, 15) is 10.1 Å². The van der Waals surface area contributed by atoms with Crippen LogP contribution in [0.3, 0.4) is 0 Å². The van der Waals surface area contributed by atoms with Gasteiger partial charge in [0.1, 0.15) is 11.9 Å². The molecule has 5 nitrogen and oxygen atoms in total. The average Bonchev–Trinajstić information content (AvgIpc) is 2.65. The molecular weight excluding hydrogens is 324 g/mol. The minimum Gasteiger partial charge on any atom is -0.367 e. The van der Waals surface area contributed by atoms with Gasteiger partial charge in [-0.25, -0.2) is 4.98 Å². The van der Waals surface area contributed by atoms with E-state index >= 15 is 0 Å². The molecule has 1 heterocycles. The number of benzene rings is 2. The standard InChI is InChI=1S/C21H20N4O/c1-14-6-3-4-9-18(14)21(26)24-11-10-23-20-17(13-22)12-16-8-5-7-15(2)19(16)25-20/h3-9,12H,10-11H2,1-2H3,(H,23,25)(H,24,26). The molecule has 2 aromatic carbocycles. The molecule has 3 rings (SSSR count). The van der Waals surface area contributed by atoms with Crippen LogP contribution in [0.5, 0.6) is 0 Å². The largest absolute Gasteiger partial charge is 0.367 e. The van der Waals surface area contributed by atoms with Crippen LogP contribution in [-0.4, -0.2) is 24.0 Å². The summed E-state index contributed by atoms with van der Waals surface area (Å²) in [6, 6.07) is 17.4. The zero-order valence-corrected chi connectivity index (χ0v) is 14.8. The molecule has 0 aliphatic rings. The van der Waals surface area contributed by atoms with Gasteiger partial charge in [0.05, 0.1) is 11.1 Å². The van der Waals surface area contributed by atoms with Gasteiger partial charge in [0.25, 0.3) is 5.91 Å². The molecule has 2 N–H and O–H groups in total. The number of carbonyl (C=O) groups excluding carboxylic acids is 1. The topological polar surface area (TPSA) is 77.8 Å². The SMILES string of the molecule is Cc1ccccc1C(=O)NCCNc1nc2c(C)cccc2cc1C#N. The summed E-state index contributed by atoms with van der Waals surface area (Å²) in [6.07, 6.45) is 0. The number of pyridine rings is 1. The van der Waals surface area contributed by atoms with E-state index in [4.69, 9.17) is 0 Å². The van der Waals surface area contributed by atoms with Gasteiger partial charge in [-0.15, -0.1) is 0 Å². The Bertz CT molecular complexity index is 1000. The Labute approximate surface area is 152 Å². The maximum atomic E-state index is 12.2. The van der Waals surface area contributed by atoms with E-state index in [1.54, 1.807) is 6.07 Å². The van der Waals surface area contributed by atoms with Crippen LogP contribution in [-0.2, 0) is 0 Å². The van der Waals surface area contributed by atoms with Crippen molar-refractivity contribution in [2.24, 2.45) is 0 Å². The summed E-state index contributed by atoms with van der Waals surface area (Å²) in [7, 11) is 0. The van der Waals surface area contributed by atoms with Crippen molar-refractivity contribution in [3.05, 3.63) is 70.8 Å². The maximum absolute atomic E-state index is 12.2. The molecular formula is C21H20N4O. The monoisotopic (exact) mass is 344 g/mol. The van der Waals surface area contributed by atoms with Gasteiger partial charge in [-0.2, -0.15) is 5.26 Å². The van der Waals surface area contributed by atoms with Crippen LogP contribution in [0.4, 0.5) is 5.82 Å². The molecule has 130 valence electrons. The number of anilines is 1. The molecule has 0 atom stereocenters. The zero-order chi connectivity index (χ0) is 18.5. The molecule has 0 radical (unpaired) electrons. The fourth-order valence-electron chi connectivity index (χ4n) is 2.85. The number of nitrogens with one attached hydrogen (secondary N) is 2. The van der Waals surface area contributed by atoms with E-state index in [0.717, 1.165) is 22.0 Å². The van der Waals surface area contributed by atoms with Crippen molar-refractivity contribution in [2.75, 3.05) is 18.4 Å². The molecule has 0 saturated carbocycles. The number of rotatable bonds is 5. The van der Waals surface area contributed by atoms with Crippen LogP contribution in [0.25, 0.3) is 10.9 Å². The number of nitrogens with zero attached hydrogens (tertiary/aromatic N) is 2. The van der Waals surface area contributed by atoms with Gasteiger partial charge in [-0.3, -0.25) is 4.79 Å². The molecule has 0 aliphatic heterocycles. The fraction of sp³-hybridized carbons (Fsp3) is 0.190. The molecule has 0 bridgehead atoms. The average molecular weight is 344 g/mol. The van der Waals surface area contributed by atoms with Crippen LogP contribution in [0.1, 0.15) is 27.0 Å². The van der Waals surface area contributed by atoms with Crippen molar-refractivity contribution in [1.29, 1.82) is 5.26 Å². The zero-order valence-electron chi connectivity index (χ0n) is 14.8. The molecule has 0 fully saturated rings. The second-order valence-corrected chi connectivity index (χ2v) is 6.14. The van der Waals surface area contributed by atoms with Crippen LogP contribution >= 0.6 is 0 Å². The Balaban J connectivity index is 1.66. The summed E-state index contributed by atoms with van der Waals surface area (Å²) in [5.74, 6) is 0.437. The van der Waals surface area contributed by atoms with Crippen molar-refractivity contribution in [1.82, 2.24) is 10.3 Å². The highest BCUT2D eigenvalue weighted by Crippen LogP contribution is 2.22. The van der Waals surface area contributed by atoms with E-state index in [2.05, 4.69) is 21.7 Å². The van der Waals surface area contributed by atoms with Crippen LogP contribution in [0.2, 0.25) is 0 Å². The summed E-state index contributed by atoms with van der Waals surface area (Å²) in [6.45, 7) is 4.82. The first kappa shape index (κ1) is 17.4. The minimum atomic E-state index is -0.104. The molecule has 26 heavy (non-hydrogen) atoms. The van der Waals surface area contributed by atoms with Crippen LogP contribution < -0.4 is 10.6 Å². The minimum absolute atomic E-state index is 0.104. The molecule has 0 saturated heterocycles. The maximum Gasteiger partial charge on any atom is 0.251 e. The molecule has 0 unspecified atom stereocenters. The summed E-state index contributed by atoms with van der Waals surface area (Å²) < 4.78 is 0. The third-order valence-electron chi connectivity index (χ3n) is 4.26. The second-order valence-electron chi connectivity index (χ2n) is 6.14. The first-order chi connectivity index (χ1) is 12.6. The Hall–Kier alpha value is -3.39. The number of amides is 1. The van der Waals surface area contributed by atoms with E-state index in [-0.39, 0.29) is 5.91 Å². The second kappa shape index (κ2) is 7.66. The predicted octanol–water partition coefficient (Wildman–Crippen LogP) is 3.57. The summed E-state index contributed by atoms with van der Waals surface area (Å²) in [4.78, 5) is 16.8. The van der Waals surface area contributed by atoms with Gasteiger partial charge in [-0.1, -0.05) is 36.4 Å². The normalized spacial score (nSPS) is 10.3. The number of aromatic nitrogens is 1. The Kier molecular flexibility index (Phi) is 5.14. The summed E-state index contributed by atoms with van der Waals surface area (Å²) in [5, 5.41) is 16.4. The number of para-hydroxylation sites is 1. The number of carbonyl (C=O) groups is 1. The fourth-order valence-corrected chi connectivity index (χ4v) is 2.85. The predicted molar refractivity (Wildman–Crippen MR) is 103 cm³/mol. The van der Waals surface area contributed by atoms with Gasteiger partial charge >= 0.3 is 0 Å². The van der Waals surface area contributed by atoms with Gasteiger partial charge in [0.2, 0.25) is 0 Å².